The van der Waals surface area contributed by atoms with Crippen LogP contribution in [0.25, 0.3) is 0 Å². The van der Waals surface area contributed by atoms with Gasteiger partial charge in [-0.05, 0) is 19.8 Å². The molecule has 1 N–H and O–H groups in total. The van der Waals surface area contributed by atoms with Crippen molar-refractivity contribution in [2.45, 2.75) is 32.4 Å². The summed E-state index contributed by atoms with van der Waals surface area (Å²) in [6, 6.07) is 0. The molecular formula is C10H17N3O. The summed E-state index contributed by atoms with van der Waals surface area (Å²) in [5.41, 5.74) is 0. The number of β-amino-alcohol motifs (C(OH)–C–C–N with tert-alkyl or cyclic N) is 1. The number of rotatable bonds is 2. The van der Waals surface area contributed by atoms with Crippen LogP contribution in [0.1, 0.15) is 19.8 Å². The number of aromatic nitrogens is 2. The molecule has 0 unspecified atom stereocenters. The van der Waals surface area contributed by atoms with Gasteiger partial charge in [0.15, 0.2) is 0 Å². The Labute approximate surface area is 84.2 Å². The predicted octanol–water partition coefficient (Wildman–Crippen LogP) is 0.864. The molecule has 1 fully saturated rings. The van der Waals surface area contributed by atoms with Crippen LogP contribution in [-0.2, 0) is 6.54 Å². The zero-order valence-electron chi connectivity index (χ0n) is 8.56. The Morgan fingerprint density at radius 3 is 3.21 bits per heavy atom. The van der Waals surface area contributed by atoms with Crippen LogP contribution in [-0.4, -0.2) is 33.9 Å². The molecule has 0 amide bonds. The number of aryl methyl sites for hydroxylation is 1. The largest absolute Gasteiger partial charge is 0.391 e. The topological polar surface area (TPSA) is 41.3 Å². The van der Waals surface area contributed by atoms with E-state index < -0.39 is 0 Å². The van der Waals surface area contributed by atoms with Crippen molar-refractivity contribution < 1.29 is 5.11 Å². The number of imidazole rings is 1. The molecule has 0 aliphatic carbocycles. The summed E-state index contributed by atoms with van der Waals surface area (Å²) < 4.78 is 2.11. The molecule has 0 spiro atoms. The monoisotopic (exact) mass is 195 g/mol. The van der Waals surface area contributed by atoms with E-state index in [9.17, 15) is 5.11 Å². The lowest BCUT2D eigenvalue weighted by Gasteiger charge is -2.31. The maximum atomic E-state index is 9.56. The molecule has 0 saturated carbocycles. The fourth-order valence-corrected chi connectivity index (χ4v) is 1.97. The summed E-state index contributed by atoms with van der Waals surface area (Å²) in [6.45, 7) is 4.76. The quantitative estimate of drug-likeness (QED) is 0.761. The summed E-state index contributed by atoms with van der Waals surface area (Å²) in [7, 11) is 0. The van der Waals surface area contributed by atoms with Gasteiger partial charge in [-0.25, -0.2) is 4.98 Å². The lowest BCUT2D eigenvalue weighted by molar-refractivity contribution is 0.153. The van der Waals surface area contributed by atoms with Crippen molar-refractivity contribution in [3.05, 3.63) is 12.4 Å². The highest BCUT2D eigenvalue weighted by atomic mass is 16.3. The highest BCUT2D eigenvalue weighted by Crippen LogP contribution is 2.17. The Balaban J connectivity index is 2.13. The molecule has 1 atom stereocenters. The van der Waals surface area contributed by atoms with Gasteiger partial charge in [0.25, 0.3) is 0 Å². The number of anilines is 1. The van der Waals surface area contributed by atoms with E-state index in [1.54, 1.807) is 0 Å². The van der Waals surface area contributed by atoms with Crippen LogP contribution in [0.2, 0.25) is 0 Å². The van der Waals surface area contributed by atoms with Crippen molar-refractivity contribution >= 4 is 5.95 Å². The molecule has 1 aliphatic heterocycles. The van der Waals surface area contributed by atoms with E-state index in [-0.39, 0.29) is 6.10 Å². The van der Waals surface area contributed by atoms with Crippen molar-refractivity contribution in [1.82, 2.24) is 9.55 Å². The van der Waals surface area contributed by atoms with Crippen LogP contribution in [0, 0.1) is 0 Å². The van der Waals surface area contributed by atoms with Gasteiger partial charge in [0, 0.05) is 32.0 Å². The molecule has 0 aromatic carbocycles. The van der Waals surface area contributed by atoms with E-state index >= 15 is 0 Å². The SMILES string of the molecule is CCn1ccnc1N1CCC[C@H](O)C1. The fourth-order valence-electron chi connectivity index (χ4n) is 1.97. The standard InChI is InChI=1S/C10H17N3O/c1-2-12-7-5-11-10(12)13-6-3-4-9(14)8-13/h5,7,9,14H,2-4,6,8H2,1H3/t9-/m0/s1. The smallest absolute Gasteiger partial charge is 0.205 e. The molecule has 4 heteroatoms. The number of aliphatic hydroxyl groups excluding tert-OH is 1. The van der Waals surface area contributed by atoms with Crippen LogP contribution < -0.4 is 4.90 Å². The molecule has 2 heterocycles. The first-order valence-electron chi connectivity index (χ1n) is 5.25. The number of nitrogens with zero attached hydrogens (tertiary/aromatic N) is 3. The fraction of sp³-hybridized carbons (Fsp3) is 0.700. The molecular weight excluding hydrogens is 178 g/mol. The van der Waals surface area contributed by atoms with Gasteiger partial charge in [0.05, 0.1) is 6.10 Å². The van der Waals surface area contributed by atoms with E-state index in [1.165, 1.54) is 0 Å². The van der Waals surface area contributed by atoms with Gasteiger partial charge in [-0.3, -0.25) is 0 Å². The summed E-state index contributed by atoms with van der Waals surface area (Å²) in [4.78, 5) is 6.49. The number of aliphatic hydroxyl groups is 1. The van der Waals surface area contributed by atoms with Gasteiger partial charge >= 0.3 is 0 Å². The lowest BCUT2D eigenvalue weighted by atomic mass is 10.1. The molecule has 1 aliphatic rings. The second kappa shape index (κ2) is 4.00. The molecule has 14 heavy (non-hydrogen) atoms. The first-order chi connectivity index (χ1) is 6.81. The molecule has 0 radical (unpaired) electrons. The van der Waals surface area contributed by atoms with Crippen LogP contribution in [0.4, 0.5) is 5.95 Å². The maximum absolute atomic E-state index is 9.56. The normalized spacial score (nSPS) is 22.7. The zero-order chi connectivity index (χ0) is 9.97. The van der Waals surface area contributed by atoms with Crippen molar-refractivity contribution in [3.8, 4) is 0 Å². The first-order valence-corrected chi connectivity index (χ1v) is 5.25. The summed E-state index contributed by atoms with van der Waals surface area (Å²) >= 11 is 0. The third-order valence-corrected chi connectivity index (χ3v) is 2.71. The van der Waals surface area contributed by atoms with Crippen LogP contribution >= 0.6 is 0 Å². The van der Waals surface area contributed by atoms with E-state index in [0.29, 0.717) is 0 Å². The number of hydrogen-bond acceptors (Lipinski definition) is 3. The second-order valence-corrected chi connectivity index (χ2v) is 3.76. The van der Waals surface area contributed by atoms with Crippen molar-refractivity contribution in [2.75, 3.05) is 18.0 Å². The Kier molecular flexibility index (Phi) is 2.72. The highest BCUT2D eigenvalue weighted by Gasteiger charge is 2.20. The minimum atomic E-state index is -0.189. The van der Waals surface area contributed by atoms with Gasteiger partial charge in [-0.15, -0.1) is 0 Å². The van der Waals surface area contributed by atoms with E-state index in [1.807, 2.05) is 12.4 Å². The lowest BCUT2D eigenvalue weighted by Crippen LogP contribution is -2.39. The summed E-state index contributed by atoms with van der Waals surface area (Å²) in [5, 5.41) is 9.56. The van der Waals surface area contributed by atoms with Crippen molar-refractivity contribution in [2.24, 2.45) is 0 Å². The highest BCUT2D eigenvalue weighted by molar-refractivity contribution is 5.32. The molecule has 4 nitrogen and oxygen atoms in total. The minimum Gasteiger partial charge on any atom is -0.391 e. The minimum absolute atomic E-state index is 0.189. The van der Waals surface area contributed by atoms with Crippen LogP contribution in [0.3, 0.4) is 0 Å². The van der Waals surface area contributed by atoms with Crippen molar-refractivity contribution in [3.63, 3.8) is 0 Å². The van der Waals surface area contributed by atoms with E-state index in [2.05, 4.69) is 21.4 Å². The molecule has 1 saturated heterocycles. The van der Waals surface area contributed by atoms with Gasteiger partial charge < -0.3 is 14.6 Å². The summed E-state index contributed by atoms with van der Waals surface area (Å²) in [5.74, 6) is 0.992. The molecule has 1 aromatic rings. The Bertz CT molecular complexity index is 297. The Morgan fingerprint density at radius 2 is 2.50 bits per heavy atom. The third kappa shape index (κ3) is 1.75. The van der Waals surface area contributed by atoms with Crippen LogP contribution in [0.15, 0.2) is 12.4 Å². The first kappa shape index (κ1) is 9.52. The zero-order valence-corrected chi connectivity index (χ0v) is 8.56. The molecule has 78 valence electrons. The van der Waals surface area contributed by atoms with Gasteiger partial charge in [-0.2, -0.15) is 0 Å². The average Bonchev–Trinajstić information content (AvgIpc) is 2.65. The second-order valence-electron chi connectivity index (χ2n) is 3.76. The maximum Gasteiger partial charge on any atom is 0.205 e. The summed E-state index contributed by atoms with van der Waals surface area (Å²) in [6.07, 6.45) is 5.59. The number of hydrogen-bond donors (Lipinski definition) is 1. The van der Waals surface area contributed by atoms with Gasteiger partial charge in [0.2, 0.25) is 5.95 Å². The predicted molar refractivity (Wildman–Crippen MR) is 55.4 cm³/mol. The van der Waals surface area contributed by atoms with E-state index in [0.717, 1.165) is 38.4 Å². The molecule has 0 bridgehead atoms. The molecule has 2 rings (SSSR count). The van der Waals surface area contributed by atoms with Gasteiger partial charge in [-0.1, -0.05) is 0 Å². The number of piperidine rings is 1. The Hall–Kier alpha value is -1.03. The van der Waals surface area contributed by atoms with Gasteiger partial charge in [0.1, 0.15) is 0 Å². The van der Waals surface area contributed by atoms with Crippen molar-refractivity contribution in [1.29, 1.82) is 0 Å². The average molecular weight is 195 g/mol. The Morgan fingerprint density at radius 1 is 1.64 bits per heavy atom. The van der Waals surface area contributed by atoms with Crippen LogP contribution in [0.5, 0.6) is 0 Å². The third-order valence-electron chi connectivity index (χ3n) is 2.71. The molecule has 1 aromatic heterocycles. The van der Waals surface area contributed by atoms with E-state index in [4.69, 9.17) is 0 Å².